The topological polar surface area (TPSA) is 31.0 Å². The average Bonchev–Trinajstić information content (AvgIpc) is 3.67. The molecule has 0 saturated heterocycles. The van der Waals surface area contributed by atoms with Gasteiger partial charge in [0.1, 0.15) is 5.52 Å². The van der Waals surface area contributed by atoms with E-state index in [0.29, 0.717) is 6.01 Å². The second-order valence-corrected chi connectivity index (χ2v) is 11.1. The lowest BCUT2D eigenvalue weighted by atomic mass is 10.0. The summed E-state index contributed by atoms with van der Waals surface area (Å²) in [7, 11) is 0. The van der Waals surface area contributed by atoms with Gasteiger partial charge in [-0.2, -0.15) is 4.98 Å². The standard InChI is InChI=1S/C35H20N2OS/c1-2-10-21(11-3-1)26-20-31-32(25-15-7-9-17-30(25)39-31)34-33(26)36-35(38-34)37-28-16-8-6-14-24(28)27-18-22-12-4-5-13-23(22)19-29(27)37/h1-20H. The van der Waals surface area contributed by atoms with Crippen LogP contribution < -0.4 is 0 Å². The molecule has 0 spiro atoms. The highest BCUT2D eigenvalue weighted by atomic mass is 32.1. The molecular formula is C35H20N2OS. The lowest BCUT2D eigenvalue weighted by Gasteiger charge is -2.03. The lowest BCUT2D eigenvalue weighted by molar-refractivity contribution is 0.577. The fourth-order valence-corrected chi connectivity index (χ4v) is 7.20. The first-order valence-corrected chi connectivity index (χ1v) is 13.9. The largest absolute Gasteiger partial charge is 0.422 e. The van der Waals surface area contributed by atoms with Crippen LogP contribution in [0.4, 0.5) is 0 Å². The summed E-state index contributed by atoms with van der Waals surface area (Å²) in [6, 6.07) is 43.5. The van der Waals surface area contributed by atoms with Crippen molar-refractivity contribution >= 4 is 75.2 Å². The van der Waals surface area contributed by atoms with E-state index in [-0.39, 0.29) is 0 Å². The number of hydrogen-bond acceptors (Lipinski definition) is 3. The Labute approximate surface area is 227 Å². The minimum absolute atomic E-state index is 0.589. The molecular weight excluding hydrogens is 496 g/mol. The van der Waals surface area contributed by atoms with E-state index in [4.69, 9.17) is 9.40 Å². The summed E-state index contributed by atoms with van der Waals surface area (Å²) >= 11 is 1.80. The predicted octanol–water partition coefficient (Wildman–Crippen LogP) is 10.1. The summed E-state index contributed by atoms with van der Waals surface area (Å²) < 4.78 is 11.5. The van der Waals surface area contributed by atoms with Crippen molar-refractivity contribution < 1.29 is 4.42 Å². The van der Waals surface area contributed by atoms with E-state index in [0.717, 1.165) is 38.6 Å². The molecule has 182 valence electrons. The van der Waals surface area contributed by atoms with Crippen molar-refractivity contribution in [1.29, 1.82) is 0 Å². The van der Waals surface area contributed by atoms with Crippen LogP contribution in [0.25, 0.3) is 81.0 Å². The highest BCUT2D eigenvalue weighted by molar-refractivity contribution is 7.26. The number of aromatic nitrogens is 2. The number of nitrogens with zero attached hydrogens (tertiary/aromatic N) is 2. The first kappa shape index (κ1) is 21.1. The molecule has 3 aromatic heterocycles. The van der Waals surface area contributed by atoms with Crippen LogP contribution in [0.2, 0.25) is 0 Å². The van der Waals surface area contributed by atoms with Crippen LogP contribution in [0.3, 0.4) is 0 Å². The van der Waals surface area contributed by atoms with E-state index in [1.807, 2.05) is 0 Å². The van der Waals surface area contributed by atoms with E-state index in [2.05, 4.69) is 126 Å². The van der Waals surface area contributed by atoms with Crippen molar-refractivity contribution in [3.63, 3.8) is 0 Å². The molecule has 0 aliphatic carbocycles. The van der Waals surface area contributed by atoms with Gasteiger partial charge >= 0.3 is 6.01 Å². The molecule has 0 N–H and O–H groups in total. The second-order valence-electron chi connectivity index (χ2n) is 10.0. The molecule has 4 heteroatoms. The van der Waals surface area contributed by atoms with Crippen molar-refractivity contribution in [2.24, 2.45) is 0 Å². The monoisotopic (exact) mass is 516 g/mol. The Bertz CT molecular complexity index is 2390. The van der Waals surface area contributed by atoms with Crippen molar-refractivity contribution in [3.05, 3.63) is 121 Å². The van der Waals surface area contributed by atoms with Crippen LogP contribution in [-0.2, 0) is 0 Å². The maximum atomic E-state index is 6.84. The molecule has 9 rings (SSSR count). The van der Waals surface area contributed by atoms with Gasteiger partial charge in [-0.1, -0.05) is 91.0 Å². The second kappa shape index (κ2) is 7.79. The van der Waals surface area contributed by atoms with E-state index >= 15 is 0 Å². The Hall–Kier alpha value is -4.93. The molecule has 0 radical (unpaired) electrons. The summed E-state index contributed by atoms with van der Waals surface area (Å²) in [5.74, 6) is 0. The fourth-order valence-electron chi connectivity index (χ4n) is 6.06. The van der Waals surface area contributed by atoms with Crippen LogP contribution in [-0.4, -0.2) is 9.55 Å². The van der Waals surface area contributed by atoms with Gasteiger partial charge < -0.3 is 4.42 Å². The summed E-state index contributed by atoms with van der Waals surface area (Å²) in [5.41, 5.74) is 6.13. The molecule has 0 atom stereocenters. The van der Waals surface area contributed by atoms with Crippen LogP contribution in [0.1, 0.15) is 0 Å². The number of hydrogen-bond donors (Lipinski definition) is 0. The van der Waals surface area contributed by atoms with Crippen LogP contribution in [0, 0.1) is 0 Å². The SMILES string of the molecule is c1ccc(-c2cc3sc4ccccc4c3c3oc(-n4c5ccccc5c5cc6ccccc6cc54)nc23)cc1. The summed E-state index contributed by atoms with van der Waals surface area (Å²) in [5, 5.41) is 7.15. The zero-order chi connectivity index (χ0) is 25.5. The molecule has 0 saturated carbocycles. The van der Waals surface area contributed by atoms with Crippen LogP contribution in [0.5, 0.6) is 0 Å². The Morgan fingerprint density at radius 3 is 2.18 bits per heavy atom. The van der Waals surface area contributed by atoms with Gasteiger partial charge in [0.2, 0.25) is 0 Å². The first-order valence-electron chi connectivity index (χ1n) is 13.1. The van der Waals surface area contributed by atoms with Crippen molar-refractivity contribution in [1.82, 2.24) is 9.55 Å². The zero-order valence-corrected chi connectivity index (χ0v) is 21.6. The highest BCUT2D eigenvalue weighted by Crippen LogP contribution is 2.44. The Balaban J connectivity index is 1.45. The number of fused-ring (bicyclic) bond motifs is 9. The number of oxazole rings is 1. The third-order valence-corrected chi connectivity index (χ3v) is 8.93. The van der Waals surface area contributed by atoms with Gasteiger partial charge in [-0.15, -0.1) is 11.3 Å². The minimum Gasteiger partial charge on any atom is -0.422 e. The quantitative estimate of drug-likeness (QED) is 0.229. The molecule has 6 aromatic carbocycles. The molecule has 0 unspecified atom stereocenters. The van der Waals surface area contributed by atoms with Gasteiger partial charge in [-0.25, -0.2) is 0 Å². The zero-order valence-electron chi connectivity index (χ0n) is 20.8. The van der Waals surface area contributed by atoms with E-state index < -0.39 is 0 Å². The molecule has 3 heterocycles. The Kier molecular flexibility index (Phi) is 4.21. The molecule has 0 amide bonds. The predicted molar refractivity (Wildman–Crippen MR) is 164 cm³/mol. The molecule has 0 fully saturated rings. The summed E-state index contributed by atoms with van der Waals surface area (Å²) in [6.45, 7) is 0. The molecule has 0 bridgehead atoms. The van der Waals surface area contributed by atoms with Gasteiger partial charge in [0, 0.05) is 36.5 Å². The van der Waals surface area contributed by atoms with Crippen LogP contribution in [0.15, 0.2) is 126 Å². The Morgan fingerprint density at radius 2 is 1.31 bits per heavy atom. The Morgan fingerprint density at radius 1 is 0.590 bits per heavy atom. The third-order valence-electron chi connectivity index (χ3n) is 7.81. The molecule has 3 nitrogen and oxygen atoms in total. The summed E-state index contributed by atoms with van der Waals surface area (Å²) in [4.78, 5) is 5.25. The maximum absolute atomic E-state index is 6.84. The number of rotatable bonds is 2. The molecule has 0 aliphatic rings. The van der Waals surface area contributed by atoms with E-state index in [1.165, 1.54) is 36.3 Å². The van der Waals surface area contributed by atoms with Crippen molar-refractivity contribution in [3.8, 4) is 17.1 Å². The normalized spacial score (nSPS) is 12.1. The number of para-hydroxylation sites is 1. The lowest BCUT2D eigenvalue weighted by Crippen LogP contribution is -1.93. The van der Waals surface area contributed by atoms with E-state index in [1.54, 1.807) is 11.3 Å². The first-order chi connectivity index (χ1) is 19.3. The summed E-state index contributed by atoms with van der Waals surface area (Å²) in [6.07, 6.45) is 0. The van der Waals surface area contributed by atoms with Gasteiger partial charge in [0.05, 0.1) is 11.0 Å². The van der Waals surface area contributed by atoms with Crippen LogP contribution >= 0.6 is 11.3 Å². The molecule has 0 aliphatic heterocycles. The minimum atomic E-state index is 0.589. The maximum Gasteiger partial charge on any atom is 0.307 e. The third kappa shape index (κ3) is 2.95. The van der Waals surface area contributed by atoms with Crippen molar-refractivity contribution in [2.45, 2.75) is 0 Å². The van der Waals surface area contributed by atoms with Crippen molar-refractivity contribution in [2.75, 3.05) is 0 Å². The molecule has 39 heavy (non-hydrogen) atoms. The van der Waals surface area contributed by atoms with Gasteiger partial charge in [0.25, 0.3) is 0 Å². The highest BCUT2D eigenvalue weighted by Gasteiger charge is 2.22. The number of benzene rings is 6. The van der Waals surface area contributed by atoms with Gasteiger partial charge in [-0.05, 0) is 46.7 Å². The fraction of sp³-hybridized carbons (Fsp3) is 0. The van der Waals surface area contributed by atoms with E-state index in [9.17, 15) is 0 Å². The molecule has 9 aromatic rings. The number of thiophene rings is 1. The average molecular weight is 517 g/mol. The van der Waals surface area contributed by atoms with Gasteiger partial charge in [-0.3, -0.25) is 4.57 Å². The van der Waals surface area contributed by atoms with Gasteiger partial charge in [0.15, 0.2) is 5.58 Å². The smallest absolute Gasteiger partial charge is 0.307 e.